The highest BCUT2D eigenvalue weighted by molar-refractivity contribution is 6.36. The summed E-state index contributed by atoms with van der Waals surface area (Å²) in [6.45, 7) is 2.72. The Kier molecular flexibility index (Phi) is 6.43. The van der Waals surface area contributed by atoms with Gasteiger partial charge in [-0.1, -0.05) is 35.3 Å². The Morgan fingerprint density at radius 2 is 1.83 bits per heavy atom. The van der Waals surface area contributed by atoms with Crippen molar-refractivity contribution in [1.29, 1.82) is 0 Å². The van der Waals surface area contributed by atoms with Crippen LogP contribution < -0.4 is 0 Å². The van der Waals surface area contributed by atoms with Crippen molar-refractivity contribution < 1.29 is 9.84 Å². The zero-order valence-electron chi connectivity index (χ0n) is 15.7. The zero-order chi connectivity index (χ0) is 20.2. The number of aliphatic hydroxyl groups excluding tert-OH is 1. The molecule has 1 aromatic carbocycles. The lowest BCUT2D eigenvalue weighted by Gasteiger charge is -2.37. The number of benzene rings is 1. The van der Waals surface area contributed by atoms with E-state index < -0.39 is 6.10 Å². The molecule has 3 aromatic rings. The number of pyridine rings is 2. The third-order valence-corrected chi connectivity index (χ3v) is 5.66. The van der Waals surface area contributed by atoms with Gasteiger partial charge in [-0.25, -0.2) is 0 Å². The summed E-state index contributed by atoms with van der Waals surface area (Å²) in [5.74, 6) is 0. The molecule has 0 saturated carbocycles. The molecule has 2 aromatic heterocycles. The van der Waals surface area contributed by atoms with E-state index in [9.17, 15) is 5.11 Å². The Bertz CT molecular complexity index is 965. The van der Waals surface area contributed by atoms with Gasteiger partial charge >= 0.3 is 0 Å². The number of morpholine rings is 1. The van der Waals surface area contributed by atoms with Crippen molar-refractivity contribution in [2.24, 2.45) is 0 Å². The summed E-state index contributed by atoms with van der Waals surface area (Å²) in [6.07, 6.45) is 4.40. The van der Waals surface area contributed by atoms with Crippen molar-refractivity contribution in [3.8, 4) is 11.3 Å². The molecule has 2 atom stereocenters. The maximum absolute atomic E-state index is 11.6. The van der Waals surface area contributed by atoms with E-state index in [1.54, 1.807) is 30.7 Å². The van der Waals surface area contributed by atoms with Gasteiger partial charge in [0.05, 0.1) is 30.0 Å². The van der Waals surface area contributed by atoms with E-state index in [0.29, 0.717) is 34.5 Å². The van der Waals surface area contributed by atoms with E-state index in [1.807, 2.05) is 30.3 Å². The first-order chi connectivity index (χ1) is 14.1. The summed E-state index contributed by atoms with van der Waals surface area (Å²) in [6, 6.07) is 12.6. The number of aromatic nitrogens is 2. The summed E-state index contributed by atoms with van der Waals surface area (Å²) in [4.78, 5) is 11.0. The van der Waals surface area contributed by atoms with E-state index in [2.05, 4.69) is 14.9 Å². The van der Waals surface area contributed by atoms with E-state index >= 15 is 0 Å². The Hall–Kier alpha value is -2.02. The molecule has 4 rings (SSSR count). The molecule has 0 bridgehead atoms. The smallest absolute Gasteiger partial charge is 0.101 e. The first-order valence-electron chi connectivity index (χ1n) is 9.45. The summed E-state index contributed by atoms with van der Waals surface area (Å²) in [5, 5.41) is 12.6. The molecule has 1 saturated heterocycles. The van der Waals surface area contributed by atoms with Gasteiger partial charge in [0.25, 0.3) is 0 Å². The summed E-state index contributed by atoms with van der Waals surface area (Å²) < 4.78 is 5.51. The fourth-order valence-electron chi connectivity index (χ4n) is 3.73. The average molecular weight is 430 g/mol. The van der Waals surface area contributed by atoms with Gasteiger partial charge in [0, 0.05) is 47.8 Å². The van der Waals surface area contributed by atoms with Crippen LogP contribution in [0.4, 0.5) is 0 Å². The number of nitrogens with zero attached hydrogens (tertiary/aromatic N) is 3. The lowest BCUT2D eigenvalue weighted by atomic mass is 9.92. The van der Waals surface area contributed by atoms with Crippen LogP contribution in [0.15, 0.2) is 61.1 Å². The van der Waals surface area contributed by atoms with Gasteiger partial charge < -0.3 is 9.84 Å². The maximum Gasteiger partial charge on any atom is 0.101 e. The van der Waals surface area contributed by atoms with Gasteiger partial charge in [-0.15, -0.1) is 0 Å². The summed E-state index contributed by atoms with van der Waals surface area (Å²) in [7, 11) is 0. The molecule has 0 radical (unpaired) electrons. The number of ether oxygens (including phenoxy) is 1. The molecular weight excluding hydrogens is 409 g/mol. The van der Waals surface area contributed by atoms with E-state index in [0.717, 1.165) is 24.2 Å². The topological polar surface area (TPSA) is 58.5 Å². The van der Waals surface area contributed by atoms with E-state index in [1.165, 1.54) is 0 Å². The van der Waals surface area contributed by atoms with Crippen LogP contribution in [-0.4, -0.2) is 46.3 Å². The second-order valence-electron chi connectivity index (χ2n) is 6.89. The van der Waals surface area contributed by atoms with Crippen LogP contribution in [0.1, 0.15) is 23.3 Å². The maximum atomic E-state index is 11.6. The van der Waals surface area contributed by atoms with Crippen LogP contribution in [-0.2, 0) is 4.74 Å². The highest BCUT2D eigenvalue weighted by Crippen LogP contribution is 2.39. The molecule has 0 aliphatic carbocycles. The van der Waals surface area contributed by atoms with Crippen LogP contribution >= 0.6 is 23.2 Å². The molecule has 7 heteroatoms. The molecule has 150 valence electrons. The van der Waals surface area contributed by atoms with Crippen molar-refractivity contribution in [3.63, 3.8) is 0 Å². The molecule has 1 N–H and O–H groups in total. The van der Waals surface area contributed by atoms with Crippen LogP contribution in [0.25, 0.3) is 11.3 Å². The Morgan fingerprint density at radius 3 is 2.55 bits per heavy atom. The minimum Gasteiger partial charge on any atom is -0.386 e. The van der Waals surface area contributed by atoms with Crippen molar-refractivity contribution >= 4 is 23.2 Å². The van der Waals surface area contributed by atoms with Crippen molar-refractivity contribution in [2.45, 2.75) is 12.1 Å². The molecule has 1 aliphatic rings. The third-order valence-electron chi connectivity index (χ3n) is 5.11. The SMILES string of the molecule is OC(c1cccnc1-c1ccc(Cl)cc1Cl)C(c1cccnc1)N1CCOCC1. The highest BCUT2D eigenvalue weighted by atomic mass is 35.5. The predicted molar refractivity (Wildman–Crippen MR) is 114 cm³/mol. The van der Waals surface area contributed by atoms with Gasteiger partial charge in [0.15, 0.2) is 0 Å². The summed E-state index contributed by atoms with van der Waals surface area (Å²) in [5.41, 5.74) is 3.03. The highest BCUT2D eigenvalue weighted by Gasteiger charge is 2.32. The normalized spacial score (nSPS) is 17.1. The lowest BCUT2D eigenvalue weighted by Crippen LogP contribution is -2.41. The van der Waals surface area contributed by atoms with Gasteiger partial charge in [-0.2, -0.15) is 0 Å². The van der Waals surface area contributed by atoms with Gasteiger partial charge in [0.2, 0.25) is 0 Å². The number of hydrogen-bond donors (Lipinski definition) is 1. The van der Waals surface area contributed by atoms with Crippen molar-refractivity contribution in [1.82, 2.24) is 14.9 Å². The van der Waals surface area contributed by atoms with Crippen LogP contribution in [0.3, 0.4) is 0 Å². The zero-order valence-corrected chi connectivity index (χ0v) is 17.2. The summed E-state index contributed by atoms with van der Waals surface area (Å²) >= 11 is 12.5. The fraction of sp³-hybridized carbons (Fsp3) is 0.273. The largest absolute Gasteiger partial charge is 0.386 e. The molecular formula is C22H21Cl2N3O2. The second-order valence-corrected chi connectivity index (χ2v) is 7.73. The molecule has 29 heavy (non-hydrogen) atoms. The first-order valence-corrected chi connectivity index (χ1v) is 10.2. The molecule has 2 unspecified atom stereocenters. The van der Waals surface area contributed by atoms with Crippen LogP contribution in [0.2, 0.25) is 10.0 Å². The van der Waals surface area contributed by atoms with E-state index in [-0.39, 0.29) is 6.04 Å². The van der Waals surface area contributed by atoms with Gasteiger partial charge in [0.1, 0.15) is 6.10 Å². The number of rotatable bonds is 5. The minimum absolute atomic E-state index is 0.276. The Balaban J connectivity index is 1.78. The molecule has 0 spiro atoms. The van der Waals surface area contributed by atoms with Crippen LogP contribution in [0, 0.1) is 0 Å². The molecule has 0 amide bonds. The quantitative estimate of drug-likeness (QED) is 0.643. The number of hydrogen-bond acceptors (Lipinski definition) is 5. The standard InChI is InChI=1S/C22H21Cl2N3O2/c23-16-5-6-17(19(24)13-16)20-18(4-2-8-26-20)22(28)21(15-3-1-7-25-14-15)27-9-11-29-12-10-27/h1-8,13-14,21-22,28H,9-12H2. The Labute approximate surface area is 179 Å². The lowest BCUT2D eigenvalue weighted by molar-refractivity contribution is -0.0238. The molecule has 3 heterocycles. The average Bonchev–Trinajstić information content (AvgIpc) is 2.75. The minimum atomic E-state index is -0.826. The monoisotopic (exact) mass is 429 g/mol. The second kappa shape index (κ2) is 9.20. The number of halogens is 2. The van der Waals surface area contributed by atoms with E-state index in [4.69, 9.17) is 27.9 Å². The molecule has 1 aliphatic heterocycles. The third kappa shape index (κ3) is 4.44. The first kappa shape index (κ1) is 20.3. The van der Waals surface area contributed by atoms with Gasteiger partial charge in [-0.05, 0) is 35.9 Å². The molecule has 5 nitrogen and oxygen atoms in total. The Morgan fingerprint density at radius 1 is 1.03 bits per heavy atom. The van der Waals surface area contributed by atoms with Crippen LogP contribution in [0.5, 0.6) is 0 Å². The van der Waals surface area contributed by atoms with Crippen molar-refractivity contribution in [3.05, 3.63) is 82.2 Å². The fourth-order valence-corrected chi connectivity index (χ4v) is 4.23. The predicted octanol–water partition coefficient (Wildman–Crippen LogP) is 4.56. The number of aliphatic hydroxyl groups is 1. The molecule has 1 fully saturated rings. The van der Waals surface area contributed by atoms with Gasteiger partial charge in [-0.3, -0.25) is 14.9 Å². The van der Waals surface area contributed by atoms with Crippen molar-refractivity contribution in [2.75, 3.05) is 26.3 Å².